The van der Waals surface area contributed by atoms with Gasteiger partial charge < -0.3 is 19.1 Å². The standard InChI is InChI=1S/C41H23BN3.C13H11FN.Ir/c1-3-16-35-28(9-1)30-11-7-13-32-40(30)44(35)37-23-27(25-18-20-26(21-19-25)34-15-5-6-22-43-34)24-38-39(37)42(32)33-14-8-12-31-29-10-2-4-17-36(29)45(38)41(31)33;1-9-7-13(15-8-10(9)2)11-3-5-12(14)6-4-11;/h1-20,22-24H;3,5-8H,1-2H3;/q2*-1;. The number of aromatic nitrogens is 4. The van der Waals surface area contributed by atoms with Crippen LogP contribution >= 0.6 is 0 Å². The summed E-state index contributed by atoms with van der Waals surface area (Å²) in [6, 6.07) is 61.6. The first-order valence-corrected chi connectivity index (χ1v) is 20.3. The van der Waals surface area contributed by atoms with Crippen molar-refractivity contribution in [2.75, 3.05) is 0 Å². The van der Waals surface area contributed by atoms with Crippen LogP contribution in [0, 0.1) is 31.8 Å². The van der Waals surface area contributed by atoms with E-state index in [9.17, 15) is 4.39 Å². The number of nitrogens with zero attached hydrogens (tertiary/aromatic N) is 4. The van der Waals surface area contributed by atoms with Crippen LogP contribution in [0.15, 0.2) is 170 Å². The Morgan fingerprint density at radius 3 is 1.69 bits per heavy atom. The monoisotopic (exact) mass is 961 g/mol. The van der Waals surface area contributed by atoms with Crippen LogP contribution in [0.4, 0.5) is 4.39 Å². The quantitative estimate of drug-likeness (QED) is 0.131. The summed E-state index contributed by atoms with van der Waals surface area (Å²) in [6.07, 6.45) is 3.66. The first kappa shape index (κ1) is 37.1. The number of aryl methyl sites for hydroxylation is 2. The van der Waals surface area contributed by atoms with Crippen LogP contribution in [0.25, 0.3) is 88.6 Å². The maximum absolute atomic E-state index is 12.7. The summed E-state index contributed by atoms with van der Waals surface area (Å²) in [4.78, 5) is 8.83. The summed E-state index contributed by atoms with van der Waals surface area (Å²) in [6.45, 7) is 4.19. The summed E-state index contributed by atoms with van der Waals surface area (Å²) < 4.78 is 17.8. The molecule has 6 heterocycles. The summed E-state index contributed by atoms with van der Waals surface area (Å²) in [7, 11) is 0. The van der Waals surface area contributed by atoms with Crippen molar-refractivity contribution >= 4 is 66.7 Å². The molecule has 0 bridgehead atoms. The fourth-order valence-electron chi connectivity index (χ4n) is 9.61. The molecule has 0 unspecified atom stereocenters. The van der Waals surface area contributed by atoms with Gasteiger partial charge in [-0.1, -0.05) is 108 Å². The van der Waals surface area contributed by atoms with Gasteiger partial charge in [0.05, 0.1) is 11.0 Å². The van der Waals surface area contributed by atoms with Crippen molar-refractivity contribution in [1.29, 1.82) is 0 Å². The average molecular weight is 961 g/mol. The summed E-state index contributed by atoms with van der Waals surface area (Å²) in [5.74, 6) is -0.275. The van der Waals surface area contributed by atoms with Crippen molar-refractivity contribution in [3.8, 4) is 45.0 Å². The van der Waals surface area contributed by atoms with Crippen LogP contribution < -0.4 is 16.4 Å². The molecule has 0 amide bonds. The van der Waals surface area contributed by atoms with Gasteiger partial charge in [-0.05, 0) is 77.5 Å². The molecule has 291 valence electrons. The van der Waals surface area contributed by atoms with Crippen molar-refractivity contribution in [3.63, 3.8) is 0 Å². The molecular formula is C54H34BFIrN4-2. The van der Waals surface area contributed by atoms with E-state index in [1.807, 2.05) is 50.5 Å². The van der Waals surface area contributed by atoms with Gasteiger partial charge >= 0.3 is 0 Å². The second-order valence-electron chi connectivity index (χ2n) is 15.8. The summed E-state index contributed by atoms with van der Waals surface area (Å²) in [5.41, 5.74) is 20.0. The SMILES string of the molecule is Cc1cnc(-c2[c-]cc(F)cc2)cc1C.[Ir].[c-]1cc(-c2cc3c4c(c2)-n2c5ccccc5c5cccc(c52)B4c2cccc4c5ccccc5n-3c24)ccc1-c1ccccn1. The van der Waals surface area contributed by atoms with Gasteiger partial charge in [-0.25, -0.2) is 0 Å². The minimum Gasteiger partial charge on any atom is -0.310 e. The Morgan fingerprint density at radius 2 is 1.11 bits per heavy atom. The Kier molecular flexibility index (Phi) is 8.75. The van der Waals surface area contributed by atoms with E-state index in [1.54, 1.807) is 6.07 Å². The van der Waals surface area contributed by atoms with E-state index in [0.29, 0.717) is 0 Å². The number of rotatable bonds is 3. The van der Waals surface area contributed by atoms with Crippen LogP contribution in [-0.4, -0.2) is 25.8 Å². The largest absolute Gasteiger partial charge is 0.310 e. The molecular weight excluding hydrogens is 927 g/mol. The number of hydrogen-bond donors (Lipinski definition) is 0. The topological polar surface area (TPSA) is 35.6 Å². The molecule has 7 heteroatoms. The third-order valence-corrected chi connectivity index (χ3v) is 12.5. The third-order valence-electron chi connectivity index (χ3n) is 12.5. The predicted molar refractivity (Wildman–Crippen MR) is 245 cm³/mol. The van der Waals surface area contributed by atoms with E-state index < -0.39 is 0 Å². The Balaban J connectivity index is 0.000000224. The fourth-order valence-corrected chi connectivity index (χ4v) is 9.61. The average Bonchev–Trinajstić information content (AvgIpc) is 3.83. The van der Waals surface area contributed by atoms with E-state index in [-0.39, 0.29) is 32.6 Å². The van der Waals surface area contributed by atoms with Crippen LogP contribution in [0.3, 0.4) is 0 Å². The predicted octanol–water partition coefficient (Wildman–Crippen LogP) is 10.9. The summed E-state index contributed by atoms with van der Waals surface area (Å²) in [5, 5.41) is 5.21. The molecule has 0 spiro atoms. The minimum absolute atomic E-state index is 0. The van der Waals surface area contributed by atoms with Gasteiger partial charge in [0.2, 0.25) is 0 Å². The van der Waals surface area contributed by atoms with E-state index >= 15 is 0 Å². The molecule has 0 saturated carbocycles. The molecule has 7 aromatic carbocycles. The van der Waals surface area contributed by atoms with E-state index in [0.717, 1.165) is 33.6 Å². The van der Waals surface area contributed by atoms with E-state index in [2.05, 4.69) is 146 Å². The van der Waals surface area contributed by atoms with Gasteiger partial charge in [0, 0.05) is 82.3 Å². The van der Waals surface area contributed by atoms with Gasteiger partial charge in [0.1, 0.15) is 0 Å². The number of pyridine rings is 2. The molecule has 11 aromatic rings. The van der Waals surface area contributed by atoms with Gasteiger partial charge in [0.25, 0.3) is 6.71 Å². The number of hydrogen-bond acceptors (Lipinski definition) is 2. The van der Waals surface area contributed by atoms with Crippen LogP contribution in [0.2, 0.25) is 0 Å². The molecule has 13 rings (SSSR count). The molecule has 0 saturated heterocycles. The second-order valence-corrected chi connectivity index (χ2v) is 15.8. The smallest absolute Gasteiger partial charge is 0.252 e. The van der Waals surface area contributed by atoms with Gasteiger partial charge in [-0.3, -0.25) is 4.39 Å². The van der Waals surface area contributed by atoms with Crippen LogP contribution in [-0.2, 0) is 20.1 Å². The Morgan fingerprint density at radius 1 is 0.525 bits per heavy atom. The maximum Gasteiger partial charge on any atom is 0.252 e. The molecule has 2 aliphatic heterocycles. The number of halogens is 1. The number of benzene rings is 7. The summed E-state index contributed by atoms with van der Waals surface area (Å²) >= 11 is 0. The fraction of sp³-hybridized carbons (Fsp3) is 0.0370. The first-order valence-electron chi connectivity index (χ1n) is 20.3. The molecule has 61 heavy (non-hydrogen) atoms. The zero-order chi connectivity index (χ0) is 40.1. The number of para-hydroxylation sites is 4. The Labute approximate surface area is 366 Å². The van der Waals surface area contributed by atoms with Gasteiger partial charge in [-0.15, -0.1) is 59.7 Å². The van der Waals surface area contributed by atoms with E-state index in [4.69, 9.17) is 0 Å². The van der Waals surface area contributed by atoms with Gasteiger partial charge in [-0.2, -0.15) is 0 Å². The third kappa shape index (κ3) is 5.69. The second kappa shape index (κ2) is 14.4. The van der Waals surface area contributed by atoms with E-state index in [1.165, 1.54) is 94.6 Å². The zero-order valence-electron chi connectivity index (χ0n) is 33.2. The van der Waals surface area contributed by atoms with Crippen molar-refractivity contribution < 1.29 is 24.5 Å². The van der Waals surface area contributed by atoms with Crippen molar-refractivity contribution in [1.82, 2.24) is 19.1 Å². The Hall–Kier alpha value is -6.92. The van der Waals surface area contributed by atoms with Crippen LogP contribution in [0.5, 0.6) is 0 Å². The van der Waals surface area contributed by atoms with Crippen LogP contribution in [0.1, 0.15) is 11.1 Å². The number of fused-ring (bicyclic) bond motifs is 10. The van der Waals surface area contributed by atoms with Crippen molar-refractivity contribution in [2.45, 2.75) is 13.8 Å². The molecule has 4 aromatic heterocycles. The molecule has 0 fully saturated rings. The molecule has 0 N–H and O–H groups in total. The Bertz CT molecular complexity index is 3380. The minimum atomic E-state index is -0.275. The van der Waals surface area contributed by atoms with Crippen molar-refractivity contribution in [2.24, 2.45) is 0 Å². The molecule has 4 nitrogen and oxygen atoms in total. The molecule has 0 aliphatic carbocycles. The molecule has 0 atom stereocenters. The first-order chi connectivity index (χ1) is 29.5. The molecule has 1 radical (unpaired) electrons. The maximum atomic E-state index is 12.7. The molecule has 2 aliphatic rings. The van der Waals surface area contributed by atoms with Crippen molar-refractivity contribution in [3.05, 3.63) is 199 Å². The zero-order valence-corrected chi connectivity index (χ0v) is 35.6. The van der Waals surface area contributed by atoms with Gasteiger partial charge in [0.15, 0.2) is 0 Å². The normalized spacial score (nSPS) is 12.0.